The van der Waals surface area contributed by atoms with Gasteiger partial charge in [0.15, 0.2) is 0 Å². The lowest BCUT2D eigenvalue weighted by Gasteiger charge is -2.39. The molecular formula is C15H22N2OS. The third-order valence-electron chi connectivity index (χ3n) is 3.72. The Morgan fingerprint density at radius 1 is 1.26 bits per heavy atom. The summed E-state index contributed by atoms with van der Waals surface area (Å²) >= 11 is 1.59. The Balaban J connectivity index is 1.91. The molecule has 3 nitrogen and oxygen atoms in total. The molecule has 0 saturated carbocycles. The Morgan fingerprint density at radius 2 is 1.84 bits per heavy atom. The van der Waals surface area contributed by atoms with E-state index < -0.39 is 0 Å². The molecular weight excluding hydrogens is 256 g/mol. The molecule has 19 heavy (non-hydrogen) atoms. The van der Waals surface area contributed by atoms with Crippen LogP contribution in [0.15, 0.2) is 29.2 Å². The number of nitrogen functional groups attached to an aromatic ring is 1. The van der Waals surface area contributed by atoms with Gasteiger partial charge in [-0.25, -0.2) is 0 Å². The van der Waals surface area contributed by atoms with Gasteiger partial charge in [-0.3, -0.25) is 4.79 Å². The van der Waals surface area contributed by atoms with Gasteiger partial charge in [-0.05, 0) is 57.4 Å². The quantitative estimate of drug-likeness (QED) is 0.682. The number of nitrogens with zero attached hydrogens (tertiary/aromatic N) is 1. The van der Waals surface area contributed by atoms with Gasteiger partial charge in [0.1, 0.15) is 0 Å². The summed E-state index contributed by atoms with van der Waals surface area (Å²) in [4.78, 5) is 15.5. The summed E-state index contributed by atoms with van der Waals surface area (Å²) in [7, 11) is 0. The highest BCUT2D eigenvalue weighted by Crippen LogP contribution is 2.25. The second kappa shape index (κ2) is 6.33. The Labute approximate surface area is 119 Å². The number of thioether (sulfide) groups is 1. The Morgan fingerprint density at radius 3 is 2.42 bits per heavy atom. The highest BCUT2D eigenvalue weighted by molar-refractivity contribution is 8.00. The van der Waals surface area contributed by atoms with Crippen LogP contribution in [0.4, 0.5) is 5.69 Å². The van der Waals surface area contributed by atoms with Crippen LogP contribution in [0.3, 0.4) is 0 Å². The van der Waals surface area contributed by atoms with E-state index in [9.17, 15) is 4.79 Å². The fraction of sp³-hybridized carbons (Fsp3) is 0.533. The van der Waals surface area contributed by atoms with Crippen molar-refractivity contribution in [1.29, 1.82) is 0 Å². The number of carbonyl (C=O) groups is 1. The third kappa shape index (κ3) is 3.66. The zero-order chi connectivity index (χ0) is 13.8. The topological polar surface area (TPSA) is 46.3 Å². The molecule has 0 radical (unpaired) electrons. The molecule has 1 amide bonds. The summed E-state index contributed by atoms with van der Waals surface area (Å²) in [5.41, 5.74) is 6.41. The molecule has 0 spiro atoms. The van der Waals surface area contributed by atoms with Crippen molar-refractivity contribution in [3.63, 3.8) is 0 Å². The summed E-state index contributed by atoms with van der Waals surface area (Å²) in [6, 6.07) is 8.44. The molecule has 1 saturated heterocycles. The molecule has 4 heteroatoms. The maximum absolute atomic E-state index is 12.3. The van der Waals surface area contributed by atoms with Gasteiger partial charge < -0.3 is 10.6 Å². The summed E-state index contributed by atoms with van der Waals surface area (Å²) < 4.78 is 0. The standard InChI is InChI=1S/C15H22N2OS/c1-11-4-3-5-12(2)17(11)15(18)10-19-14-8-6-13(16)7-9-14/h6-9,11-12H,3-5,10,16H2,1-2H3. The van der Waals surface area contributed by atoms with Crippen LogP contribution < -0.4 is 5.73 Å². The average molecular weight is 278 g/mol. The number of piperidine rings is 1. The molecule has 1 aromatic rings. The van der Waals surface area contributed by atoms with Crippen molar-refractivity contribution < 1.29 is 4.79 Å². The predicted molar refractivity (Wildman–Crippen MR) is 81.2 cm³/mol. The van der Waals surface area contributed by atoms with Gasteiger partial charge in [-0.2, -0.15) is 0 Å². The zero-order valence-electron chi connectivity index (χ0n) is 11.6. The molecule has 2 N–H and O–H groups in total. The van der Waals surface area contributed by atoms with E-state index in [4.69, 9.17) is 5.73 Å². The number of nitrogens with two attached hydrogens (primary N) is 1. The second-order valence-electron chi connectivity index (χ2n) is 5.29. The molecule has 1 aromatic carbocycles. The zero-order valence-corrected chi connectivity index (χ0v) is 12.5. The van der Waals surface area contributed by atoms with E-state index in [1.54, 1.807) is 11.8 Å². The van der Waals surface area contributed by atoms with Crippen molar-refractivity contribution in [1.82, 2.24) is 4.90 Å². The molecule has 1 heterocycles. The van der Waals surface area contributed by atoms with Gasteiger partial charge in [-0.15, -0.1) is 11.8 Å². The van der Waals surface area contributed by atoms with Gasteiger partial charge in [0, 0.05) is 22.7 Å². The first-order valence-corrected chi connectivity index (χ1v) is 7.86. The second-order valence-corrected chi connectivity index (χ2v) is 6.34. The first-order valence-electron chi connectivity index (χ1n) is 6.87. The molecule has 0 aromatic heterocycles. The number of amides is 1. The molecule has 2 unspecified atom stereocenters. The summed E-state index contributed by atoms with van der Waals surface area (Å²) in [6.07, 6.45) is 3.49. The molecule has 0 aliphatic carbocycles. The lowest BCUT2D eigenvalue weighted by Crippen LogP contribution is -2.48. The van der Waals surface area contributed by atoms with Crippen LogP contribution in [0, 0.1) is 0 Å². The van der Waals surface area contributed by atoms with Crippen LogP contribution in [0.2, 0.25) is 0 Å². The normalized spacial score (nSPS) is 23.4. The molecule has 1 fully saturated rings. The summed E-state index contributed by atoms with van der Waals surface area (Å²) in [5, 5.41) is 0. The number of hydrogen-bond acceptors (Lipinski definition) is 3. The van der Waals surface area contributed by atoms with E-state index in [0.717, 1.165) is 23.4 Å². The van der Waals surface area contributed by atoms with Crippen molar-refractivity contribution in [3.8, 4) is 0 Å². The van der Waals surface area contributed by atoms with E-state index in [-0.39, 0.29) is 5.91 Å². The number of rotatable bonds is 3. The van der Waals surface area contributed by atoms with Gasteiger partial charge >= 0.3 is 0 Å². The Bertz CT molecular complexity index is 422. The highest BCUT2D eigenvalue weighted by Gasteiger charge is 2.28. The van der Waals surface area contributed by atoms with E-state index in [2.05, 4.69) is 18.7 Å². The van der Waals surface area contributed by atoms with Crippen LogP contribution in [0.5, 0.6) is 0 Å². The summed E-state index contributed by atoms with van der Waals surface area (Å²) in [6.45, 7) is 4.31. The minimum Gasteiger partial charge on any atom is -0.399 e. The maximum atomic E-state index is 12.3. The third-order valence-corrected chi connectivity index (χ3v) is 4.72. The van der Waals surface area contributed by atoms with Crippen LogP contribution in [0.25, 0.3) is 0 Å². The Kier molecular flexibility index (Phi) is 4.75. The molecule has 2 rings (SSSR count). The summed E-state index contributed by atoms with van der Waals surface area (Å²) in [5.74, 6) is 0.764. The first kappa shape index (κ1) is 14.3. The van der Waals surface area contributed by atoms with Crippen LogP contribution in [0.1, 0.15) is 33.1 Å². The number of anilines is 1. The van der Waals surface area contributed by atoms with Crippen molar-refractivity contribution in [2.24, 2.45) is 0 Å². The number of likely N-dealkylation sites (tertiary alicyclic amines) is 1. The van der Waals surface area contributed by atoms with Gasteiger partial charge in [0.25, 0.3) is 0 Å². The first-order chi connectivity index (χ1) is 9.08. The molecule has 1 aliphatic heterocycles. The number of hydrogen-bond donors (Lipinski definition) is 1. The van der Waals surface area contributed by atoms with Crippen molar-refractivity contribution >= 4 is 23.4 Å². The Hall–Kier alpha value is -1.16. The van der Waals surface area contributed by atoms with Crippen LogP contribution in [-0.2, 0) is 4.79 Å². The predicted octanol–water partition coefficient (Wildman–Crippen LogP) is 3.15. The van der Waals surface area contributed by atoms with E-state index in [0.29, 0.717) is 17.8 Å². The van der Waals surface area contributed by atoms with Gasteiger partial charge in [-0.1, -0.05) is 0 Å². The van der Waals surface area contributed by atoms with E-state index in [1.807, 2.05) is 24.3 Å². The molecule has 104 valence electrons. The largest absolute Gasteiger partial charge is 0.399 e. The number of carbonyl (C=O) groups excluding carboxylic acids is 1. The van der Waals surface area contributed by atoms with E-state index in [1.165, 1.54) is 6.42 Å². The average Bonchev–Trinajstić information content (AvgIpc) is 2.38. The fourth-order valence-corrected chi connectivity index (χ4v) is 3.46. The lowest BCUT2D eigenvalue weighted by atomic mass is 9.98. The molecule has 2 atom stereocenters. The smallest absolute Gasteiger partial charge is 0.233 e. The number of benzene rings is 1. The highest BCUT2D eigenvalue weighted by atomic mass is 32.2. The SMILES string of the molecule is CC1CCCC(C)N1C(=O)CSc1ccc(N)cc1. The van der Waals surface area contributed by atoms with Crippen molar-refractivity contribution in [2.45, 2.75) is 50.1 Å². The molecule has 1 aliphatic rings. The monoisotopic (exact) mass is 278 g/mol. The van der Waals surface area contributed by atoms with Gasteiger partial charge in [0.2, 0.25) is 5.91 Å². The lowest BCUT2D eigenvalue weighted by molar-refractivity contribution is -0.134. The maximum Gasteiger partial charge on any atom is 0.233 e. The van der Waals surface area contributed by atoms with Gasteiger partial charge in [0.05, 0.1) is 5.75 Å². The van der Waals surface area contributed by atoms with E-state index >= 15 is 0 Å². The fourth-order valence-electron chi connectivity index (χ4n) is 2.70. The molecule has 0 bridgehead atoms. The minimum absolute atomic E-state index is 0.251. The van der Waals surface area contributed by atoms with Crippen LogP contribution >= 0.6 is 11.8 Å². The van der Waals surface area contributed by atoms with Crippen LogP contribution in [-0.4, -0.2) is 28.6 Å². The van der Waals surface area contributed by atoms with Crippen molar-refractivity contribution in [2.75, 3.05) is 11.5 Å². The minimum atomic E-state index is 0.251. The van der Waals surface area contributed by atoms with Crippen molar-refractivity contribution in [3.05, 3.63) is 24.3 Å².